The molecule has 0 aliphatic carbocycles. The molecule has 9 nitrogen and oxygen atoms in total. The van der Waals surface area contributed by atoms with Crippen molar-refractivity contribution in [3.05, 3.63) is 202 Å². The Morgan fingerprint density at radius 3 is 1.98 bits per heavy atom. The van der Waals surface area contributed by atoms with E-state index in [2.05, 4.69) is 67.2 Å². The summed E-state index contributed by atoms with van der Waals surface area (Å²) in [7, 11) is 2.52. The molecule has 0 bridgehead atoms. The maximum Gasteiger partial charge on any atom is 0.262 e. The summed E-state index contributed by atoms with van der Waals surface area (Å²) in [6.07, 6.45) is 10.4. The SMILES string of the molecule is CCCCS/C(=N\c1cccnc1)SCc1ccc(C(C)(C)C)cc1.O=C(Nc1ccccc1-c1ccc(Cl)cc1)c1cccnc1Cl.[O-][n+]1ccccc1SSc1cccc[n+]1[O-]. The largest absolute Gasteiger partial charge is 0.618 e. The van der Waals surface area contributed by atoms with Crippen molar-refractivity contribution in [2.75, 3.05) is 11.1 Å². The number of carbonyl (C=O) groups is 1. The summed E-state index contributed by atoms with van der Waals surface area (Å²) in [6.45, 7) is 8.97. The van der Waals surface area contributed by atoms with Gasteiger partial charge in [0.25, 0.3) is 16.0 Å². The summed E-state index contributed by atoms with van der Waals surface area (Å²) >= 11 is 15.6. The van der Waals surface area contributed by atoms with Gasteiger partial charge in [0.2, 0.25) is 0 Å². The maximum atomic E-state index is 12.4. The number of nitrogens with one attached hydrogen (secondary N) is 1. The highest BCUT2D eigenvalue weighted by Crippen LogP contribution is 2.34. The van der Waals surface area contributed by atoms with E-state index in [9.17, 15) is 15.2 Å². The number of amides is 1. The van der Waals surface area contributed by atoms with E-state index in [4.69, 9.17) is 28.2 Å². The summed E-state index contributed by atoms with van der Waals surface area (Å²) in [5.74, 6) is 1.76. The fraction of sp³-hybridized carbons (Fsp3) is 0.184. The lowest BCUT2D eigenvalue weighted by Gasteiger charge is -2.19. The van der Waals surface area contributed by atoms with Crippen LogP contribution >= 0.6 is 68.3 Å². The van der Waals surface area contributed by atoms with E-state index in [1.54, 1.807) is 60.9 Å². The number of anilines is 1. The Kier molecular flexibility index (Phi) is 20.4. The van der Waals surface area contributed by atoms with Crippen LogP contribution in [0.3, 0.4) is 0 Å². The summed E-state index contributed by atoms with van der Waals surface area (Å²) < 4.78 is 2.67. The fourth-order valence-electron chi connectivity index (χ4n) is 5.44. The number of hydrogen-bond donors (Lipinski definition) is 1. The van der Waals surface area contributed by atoms with E-state index < -0.39 is 0 Å². The normalized spacial score (nSPS) is 11.1. The highest BCUT2D eigenvalue weighted by Gasteiger charge is 2.15. The number of aliphatic imine (C=N–C) groups is 1. The Morgan fingerprint density at radius 1 is 0.750 bits per heavy atom. The zero-order valence-electron chi connectivity index (χ0n) is 35.8. The molecule has 0 saturated carbocycles. The Morgan fingerprint density at radius 2 is 1.39 bits per heavy atom. The molecule has 0 atom stereocenters. The number of carbonyl (C=O) groups excluding carboxylic acids is 1. The lowest BCUT2D eigenvalue weighted by atomic mass is 9.87. The molecule has 0 spiro atoms. The van der Waals surface area contributed by atoms with Gasteiger partial charge in [0.05, 0.1) is 17.4 Å². The number of benzene rings is 3. The summed E-state index contributed by atoms with van der Waals surface area (Å²) in [5.41, 5.74) is 6.74. The first-order valence-electron chi connectivity index (χ1n) is 20.2. The van der Waals surface area contributed by atoms with Gasteiger partial charge in [-0.05, 0) is 88.9 Å². The third-order valence-corrected chi connectivity index (χ3v) is 14.1. The van der Waals surface area contributed by atoms with Crippen molar-refractivity contribution in [3.8, 4) is 11.1 Å². The smallest absolute Gasteiger partial charge is 0.262 e. The molecular weight excluding hydrogens is 920 g/mol. The van der Waals surface area contributed by atoms with Crippen LogP contribution in [0.2, 0.25) is 10.2 Å². The fourth-order valence-corrected chi connectivity index (χ4v) is 9.95. The van der Waals surface area contributed by atoms with Gasteiger partial charge in [-0.15, -0.1) is 0 Å². The Bertz CT molecular complexity index is 2520. The molecule has 1 amide bonds. The van der Waals surface area contributed by atoms with Crippen LogP contribution in [0.25, 0.3) is 11.1 Å². The minimum absolute atomic E-state index is 0.175. The molecule has 0 unspecified atom stereocenters. The third kappa shape index (κ3) is 16.5. The average Bonchev–Trinajstić information content (AvgIpc) is 3.30. The quantitative estimate of drug-likeness (QED) is 0.0243. The number of aromatic nitrogens is 4. The molecule has 0 aliphatic heterocycles. The Balaban J connectivity index is 0.000000185. The summed E-state index contributed by atoms with van der Waals surface area (Å²) in [5, 5.41) is 27.5. The molecule has 7 aromatic rings. The highest BCUT2D eigenvalue weighted by atomic mass is 35.5. The van der Waals surface area contributed by atoms with Crippen molar-refractivity contribution < 1.29 is 14.3 Å². The number of pyridine rings is 4. The van der Waals surface area contributed by atoms with Gasteiger partial charge in [-0.2, -0.15) is 9.46 Å². The first-order valence-corrected chi connectivity index (χ1v) is 25.1. The molecule has 0 aliphatic rings. The van der Waals surface area contributed by atoms with Gasteiger partial charge in [0, 0.05) is 80.3 Å². The number of nitrogens with zero attached hydrogens (tertiary/aromatic N) is 5. The van der Waals surface area contributed by atoms with E-state index in [-0.39, 0.29) is 16.5 Å². The molecular formula is C49H48Cl2N6O3S4. The number of unbranched alkanes of at least 4 members (excludes halogenated alkanes) is 1. The first kappa shape index (κ1) is 50.0. The predicted octanol–water partition coefficient (Wildman–Crippen LogP) is 13.9. The molecule has 64 heavy (non-hydrogen) atoms. The second-order valence-electron chi connectivity index (χ2n) is 14.8. The van der Waals surface area contributed by atoms with Crippen LogP contribution < -0.4 is 14.8 Å². The van der Waals surface area contributed by atoms with Crippen LogP contribution in [0, 0.1) is 10.4 Å². The Labute approximate surface area is 402 Å². The van der Waals surface area contributed by atoms with Gasteiger partial charge < -0.3 is 15.7 Å². The predicted molar refractivity (Wildman–Crippen MR) is 272 cm³/mol. The number of para-hydroxylation sites is 1. The number of hydrogen-bond acceptors (Lipinski definition) is 10. The van der Waals surface area contributed by atoms with Crippen LogP contribution in [-0.2, 0) is 11.2 Å². The molecule has 15 heteroatoms. The molecule has 0 radical (unpaired) electrons. The Hall–Kier alpha value is -5.02. The molecule has 1 N–H and O–H groups in total. The molecule has 0 saturated heterocycles. The summed E-state index contributed by atoms with van der Waals surface area (Å²) in [6, 6.07) is 41.5. The van der Waals surface area contributed by atoms with Crippen LogP contribution in [-0.4, -0.2) is 26.0 Å². The van der Waals surface area contributed by atoms with Crippen molar-refractivity contribution in [1.82, 2.24) is 9.97 Å². The van der Waals surface area contributed by atoms with Crippen LogP contribution in [0.4, 0.5) is 11.4 Å². The lowest BCUT2D eigenvalue weighted by Crippen LogP contribution is -2.28. The molecule has 3 aromatic carbocycles. The maximum absolute atomic E-state index is 12.4. The van der Waals surface area contributed by atoms with E-state index in [0.29, 0.717) is 26.3 Å². The van der Waals surface area contributed by atoms with Crippen LogP contribution in [0.5, 0.6) is 0 Å². The molecule has 0 fully saturated rings. The molecule has 4 heterocycles. The third-order valence-electron chi connectivity index (χ3n) is 8.90. The van der Waals surface area contributed by atoms with Crippen molar-refractivity contribution in [2.24, 2.45) is 4.99 Å². The number of thioether (sulfide) groups is 2. The monoisotopic (exact) mass is 966 g/mol. The number of rotatable bonds is 12. The average molecular weight is 968 g/mol. The topological polar surface area (TPSA) is 121 Å². The molecule has 7 rings (SSSR count). The minimum Gasteiger partial charge on any atom is -0.618 e. The van der Waals surface area contributed by atoms with Gasteiger partial charge in [-0.3, -0.25) is 9.78 Å². The zero-order chi connectivity index (χ0) is 45.7. The van der Waals surface area contributed by atoms with E-state index in [0.717, 1.165) is 42.2 Å². The van der Waals surface area contributed by atoms with E-state index in [1.807, 2.05) is 90.4 Å². The van der Waals surface area contributed by atoms with E-state index in [1.165, 1.54) is 58.0 Å². The molecule has 4 aromatic heterocycles. The van der Waals surface area contributed by atoms with Gasteiger partial charge in [0.15, 0.2) is 12.4 Å². The summed E-state index contributed by atoms with van der Waals surface area (Å²) in [4.78, 5) is 25.3. The second kappa shape index (κ2) is 26.1. The van der Waals surface area contributed by atoms with Crippen LogP contribution in [0.1, 0.15) is 62.0 Å². The zero-order valence-corrected chi connectivity index (χ0v) is 40.5. The highest BCUT2D eigenvalue weighted by molar-refractivity contribution is 8.76. The van der Waals surface area contributed by atoms with Crippen molar-refractivity contribution in [3.63, 3.8) is 0 Å². The van der Waals surface area contributed by atoms with Crippen molar-refractivity contribution >= 4 is 90.0 Å². The van der Waals surface area contributed by atoms with Crippen molar-refractivity contribution in [1.29, 1.82) is 0 Å². The lowest BCUT2D eigenvalue weighted by molar-refractivity contribution is -0.646. The first-order chi connectivity index (χ1) is 30.9. The van der Waals surface area contributed by atoms with Gasteiger partial charge in [-0.25, -0.2) is 9.98 Å². The minimum atomic E-state index is -0.301. The van der Waals surface area contributed by atoms with Crippen molar-refractivity contribution in [2.45, 2.75) is 61.8 Å². The van der Waals surface area contributed by atoms with Gasteiger partial charge in [-0.1, -0.05) is 135 Å². The second-order valence-corrected chi connectivity index (χ2v) is 20.0. The molecule has 330 valence electrons. The van der Waals surface area contributed by atoms with E-state index >= 15 is 0 Å². The standard InChI is InChI=1S/C21H28N2S2.C18H12Cl2N2O.C10H8N2O2S2/c1-5-6-14-24-20(23-19-8-7-13-22-15-19)25-16-17-9-11-18(12-10-17)21(2,3)4;19-13-9-7-12(8-10-13)14-4-1-2-6-16(14)22-18(23)15-5-3-11-21-17(15)20;13-11-7-3-1-5-9(11)15-16-10-6-2-4-8-12(10)14/h7-13,15H,5-6,14,16H2,1-4H3;1-11H,(H,22,23);1-8H/b23-20+;;. The van der Waals surface area contributed by atoms with Gasteiger partial charge in [0.1, 0.15) is 9.53 Å². The number of halogens is 2. The van der Waals surface area contributed by atoms with Crippen LogP contribution in [0.15, 0.2) is 179 Å². The van der Waals surface area contributed by atoms with Gasteiger partial charge >= 0.3 is 0 Å².